The lowest BCUT2D eigenvalue weighted by molar-refractivity contribution is -0.140. The summed E-state index contributed by atoms with van der Waals surface area (Å²) in [6.07, 6.45) is 2.59. The van der Waals surface area contributed by atoms with Crippen molar-refractivity contribution >= 4 is 17.7 Å². The van der Waals surface area contributed by atoms with Gasteiger partial charge in [0.2, 0.25) is 0 Å². The second-order valence-corrected chi connectivity index (χ2v) is 4.94. The monoisotopic (exact) mass is 203 g/mol. The molecular formula is C9H17NO2S. The van der Waals surface area contributed by atoms with Crippen LogP contribution in [0.5, 0.6) is 0 Å². The van der Waals surface area contributed by atoms with E-state index in [-0.39, 0.29) is 5.92 Å². The van der Waals surface area contributed by atoms with Crippen molar-refractivity contribution in [2.75, 3.05) is 18.8 Å². The first-order valence-electron chi connectivity index (χ1n) is 4.75. The molecule has 3 nitrogen and oxygen atoms in total. The van der Waals surface area contributed by atoms with Gasteiger partial charge in [-0.2, -0.15) is 11.8 Å². The number of aliphatic carboxylic acids is 1. The van der Waals surface area contributed by atoms with Crippen LogP contribution >= 0.6 is 11.8 Å². The van der Waals surface area contributed by atoms with Gasteiger partial charge >= 0.3 is 5.97 Å². The third kappa shape index (κ3) is 4.00. The van der Waals surface area contributed by atoms with Gasteiger partial charge < -0.3 is 10.4 Å². The average molecular weight is 203 g/mol. The number of rotatable bonds is 5. The van der Waals surface area contributed by atoms with Gasteiger partial charge in [0.1, 0.15) is 0 Å². The molecule has 2 atom stereocenters. The summed E-state index contributed by atoms with van der Waals surface area (Å²) in [4.78, 5) is 10.5. The molecule has 76 valence electrons. The molecule has 1 aliphatic rings. The Hall–Kier alpha value is -0.220. The molecule has 1 fully saturated rings. The molecule has 0 saturated carbocycles. The highest BCUT2D eigenvalue weighted by Gasteiger charge is 2.16. The second kappa shape index (κ2) is 5.50. The Morgan fingerprint density at radius 1 is 1.77 bits per heavy atom. The van der Waals surface area contributed by atoms with E-state index in [1.165, 1.54) is 18.6 Å². The Kier molecular flexibility index (Phi) is 4.59. The maximum atomic E-state index is 10.5. The number of carboxylic acid groups (broad SMARTS) is 1. The normalized spacial score (nSPS) is 24.5. The summed E-state index contributed by atoms with van der Waals surface area (Å²) in [6.45, 7) is 3.28. The van der Waals surface area contributed by atoms with Crippen molar-refractivity contribution in [1.82, 2.24) is 5.32 Å². The third-order valence-corrected chi connectivity index (χ3v) is 3.67. The van der Waals surface area contributed by atoms with Gasteiger partial charge in [0.25, 0.3) is 0 Å². The molecule has 0 radical (unpaired) electrons. The molecule has 1 heterocycles. The number of hydrogen-bond donors (Lipinski definition) is 2. The van der Waals surface area contributed by atoms with E-state index in [1.807, 2.05) is 11.8 Å². The average Bonchev–Trinajstić information content (AvgIpc) is 2.56. The van der Waals surface area contributed by atoms with E-state index in [1.54, 1.807) is 6.92 Å². The lowest BCUT2D eigenvalue weighted by Crippen LogP contribution is -2.30. The molecule has 2 N–H and O–H groups in total. The minimum Gasteiger partial charge on any atom is -0.481 e. The van der Waals surface area contributed by atoms with E-state index in [9.17, 15) is 4.79 Å². The van der Waals surface area contributed by atoms with Gasteiger partial charge in [-0.1, -0.05) is 6.92 Å². The zero-order chi connectivity index (χ0) is 9.68. The molecule has 0 aliphatic carbocycles. The number of hydrogen-bond acceptors (Lipinski definition) is 3. The summed E-state index contributed by atoms with van der Waals surface area (Å²) in [5.74, 6) is 0.277. The van der Waals surface area contributed by atoms with E-state index < -0.39 is 5.97 Å². The fraction of sp³-hybridized carbons (Fsp3) is 0.889. The first-order valence-corrected chi connectivity index (χ1v) is 5.80. The molecule has 4 heteroatoms. The summed E-state index contributed by atoms with van der Waals surface area (Å²) in [6, 6.07) is 0. The molecule has 0 aromatic rings. The quantitative estimate of drug-likeness (QED) is 0.705. The van der Waals surface area contributed by atoms with Crippen LogP contribution in [-0.4, -0.2) is 35.2 Å². The SMILES string of the molecule is CC(CNCC1CCCS1)C(=O)O. The summed E-state index contributed by atoms with van der Waals surface area (Å²) in [5.41, 5.74) is 0. The van der Waals surface area contributed by atoms with E-state index in [0.717, 1.165) is 6.54 Å². The van der Waals surface area contributed by atoms with Gasteiger partial charge in [0, 0.05) is 18.3 Å². The highest BCUT2D eigenvalue weighted by molar-refractivity contribution is 8.00. The molecule has 2 unspecified atom stereocenters. The summed E-state index contributed by atoms with van der Waals surface area (Å²) >= 11 is 1.99. The summed E-state index contributed by atoms with van der Waals surface area (Å²) in [5, 5.41) is 12.5. The molecule has 1 aliphatic heterocycles. The van der Waals surface area contributed by atoms with E-state index in [4.69, 9.17) is 5.11 Å². The van der Waals surface area contributed by atoms with Gasteiger partial charge in [0.15, 0.2) is 0 Å². The van der Waals surface area contributed by atoms with Crippen LogP contribution in [0.3, 0.4) is 0 Å². The first kappa shape index (κ1) is 10.9. The van der Waals surface area contributed by atoms with Crippen molar-refractivity contribution < 1.29 is 9.90 Å². The largest absolute Gasteiger partial charge is 0.481 e. The Bertz CT molecular complexity index is 169. The standard InChI is InChI=1S/C9H17NO2S/c1-7(9(11)12)5-10-6-8-3-2-4-13-8/h7-8,10H,2-6H2,1H3,(H,11,12). The van der Waals surface area contributed by atoms with Gasteiger partial charge in [0.05, 0.1) is 5.92 Å². The van der Waals surface area contributed by atoms with Gasteiger partial charge in [-0.15, -0.1) is 0 Å². The van der Waals surface area contributed by atoms with Crippen LogP contribution in [-0.2, 0) is 4.79 Å². The Morgan fingerprint density at radius 3 is 3.08 bits per heavy atom. The van der Waals surface area contributed by atoms with Crippen LogP contribution in [0.15, 0.2) is 0 Å². The molecule has 0 bridgehead atoms. The lowest BCUT2D eigenvalue weighted by Gasteiger charge is -2.11. The molecule has 0 aromatic heterocycles. The summed E-state index contributed by atoms with van der Waals surface area (Å²) < 4.78 is 0. The molecule has 0 amide bonds. The lowest BCUT2D eigenvalue weighted by atomic mass is 10.2. The second-order valence-electron chi connectivity index (χ2n) is 3.53. The number of thioether (sulfide) groups is 1. The van der Waals surface area contributed by atoms with Crippen molar-refractivity contribution in [3.05, 3.63) is 0 Å². The number of nitrogens with one attached hydrogen (secondary N) is 1. The van der Waals surface area contributed by atoms with Crippen molar-refractivity contribution in [3.8, 4) is 0 Å². The van der Waals surface area contributed by atoms with E-state index >= 15 is 0 Å². The highest BCUT2D eigenvalue weighted by atomic mass is 32.2. The Labute approximate surface area is 83.3 Å². The predicted molar refractivity (Wildman–Crippen MR) is 55.1 cm³/mol. The highest BCUT2D eigenvalue weighted by Crippen LogP contribution is 2.25. The Morgan fingerprint density at radius 2 is 2.54 bits per heavy atom. The molecule has 13 heavy (non-hydrogen) atoms. The maximum Gasteiger partial charge on any atom is 0.307 e. The van der Waals surface area contributed by atoms with Crippen LogP contribution < -0.4 is 5.32 Å². The minimum absolute atomic E-state index is 0.272. The van der Waals surface area contributed by atoms with Gasteiger partial charge in [-0.05, 0) is 18.6 Å². The number of carbonyl (C=O) groups is 1. The van der Waals surface area contributed by atoms with E-state index in [0.29, 0.717) is 11.8 Å². The zero-order valence-electron chi connectivity index (χ0n) is 7.95. The van der Waals surface area contributed by atoms with Crippen molar-refractivity contribution in [2.45, 2.75) is 25.0 Å². The molecule has 1 rings (SSSR count). The van der Waals surface area contributed by atoms with Crippen molar-refractivity contribution in [1.29, 1.82) is 0 Å². The van der Waals surface area contributed by atoms with Crippen LogP contribution in [0, 0.1) is 5.92 Å². The zero-order valence-corrected chi connectivity index (χ0v) is 8.77. The number of carboxylic acids is 1. The first-order chi connectivity index (χ1) is 6.20. The fourth-order valence-electron chi connectivity index (χ4n) is 1.35. The maximum absolute atomic E-state index is 10.5. The molecule has 1 saturated heterocycles. The topological polar surface area (TPSA) is 49.3 Å². The van der Waals surface area contributed by atoms with Gasteiger partial charge in [-0.25, -0.2) is 0 Å². The van der Waals surface area contributed by atoms with Gasteiger partial charge in [-0.3, -0.25) is 4.79 Å². The minimum atomic E-state index is -0.716. The van der Waals surface area contributed by atoms with Crippen LogP contribution in [0.4, 0.5) is 0 Å². The summed E-state index contributed by atoms with van der Waals surface area (Å²) in [7, 11) is 0. The van der Waals surface area contributed by atoms with Crippen LogP contribution in [0.2, 0.25) is 0 Å². The molecule has 0 aromatic carbocycles. The third-order valence-electron chi connectivity index (χ3n) is 2.27. The van der Waals surface area contributed by atoms with E-state index in [2.05, 4.69) is 5.32 Å². The van der Waals surface area contributed by atoms with Crippen molar-refractivity contribution in [3.63, 3.8) is 0 Å². The smallest absolute Gasteiger partial charge is 0.307 e. The van der Waals surface area contributed by atoms with Crippen molar-refractivity contribution in [2.24, 2.45) is 5.92 Å². The van der Waals surface area contributed by atoms with Crippen LogP contribution in [0.25, 0.3) is 0 Å². The predicted octanol–water partition coefficient (Wildman–Crippen LogP) is 1.19. The Balaban J connectivity index is 2.02. The van der Waals surface area contributed by atoms with Crippen LogP contribution in [0.1, 0.15) is 19.8 Å². The molecule has 0 spiro atoms. The molecular weight excluding hydrogens is 186 g/mol. The fourth-order valence-corrected chi connectivity index (χ4v) is 2.59.